The largest absolute Gasteiger partial charge is 0.506 e. The number of ether oxygens (including phenoxy) is 1. The maximum atomic E-state index is 13.5. The molecule has 9 heteroatoms. The molecule has 0 aromatic heterocycles. The van der Waals surface area contributed by atoms with Crippen LogP contribution in [0.25, 0.3) is 0 Å². The van der Waals surface area contributed by atoms with Gasteiger partial charge in [0.05, 0.1) is 0 Å². The van der Waals surface area contributed by atoms with E-state index in [2.05, 4.69) is 29.8 Å². The summed E-state index contributed by atoms with van der Waals surface area (Å²) in [6.45, 7) is 9.27. The number of nitrogens with zero attached hydrogens (tertiary/aromatic N) is 1. The maximum absolute atomic E-state index is 13.5. The van der Waals surface area contributed by atoms with E-state index in [1.165, 1.54) is 6.07 Å². The average Bonchev–Trinajstić information content (AvgIpc) is 2.92. The summed E-state index contributed by atoms with van der Waals surface area (Å²) in [7, 11) is 0. The lowest BCUT2D eigenvalue weighted by Gasteiger charge is -2.30. The molecule has 214 valence electrons. The molecule has 0 bridgehead atoms. The van der Waals surface area contributed by atoms with Crippen LogP contribution < -0.4 is 20.7 Å². The van der Waals surface area contributed by atoms with Gasteiger partial charge in [0.25, 0.3) is 5.91 Å². The third-order valence-electron chi connectivity index (χ3n) is 7.09. The Bertz CT molecular complexity index is 1110. The quantitative estimate of drug-likeness (QED) is 0.189. The fraction of sp³-hybridized carbons (Fsp3) is 0.533. The zero-order valence-corrected chi connectivity index (χ0v) is 23.4. The van der Waals surface area contributed by atoms with Crippen LogP contribution in [-0.2, 0) is 22.4 Å². The number of halogens is 1. The van der Waals surface area contributed by atoms with Gasteiger partial charge in [0, 0.05) is 32.1 Å². The van der Waals surface area contributed by atoms with Crippen molar-refractivity contribution in [3.8, 4) is 11.5 Å². The van der Waals surface area contributed by atoms with E-state index >= 15 is 0 Å². The Morgan fingerprint density at radius 2 is 1.92 bits per heavy atom. The van der Waals surface area contributed by atoms with E-state index in [1.807, 2.05) is 11.0 Å². The van der Waals surface area contributed by atoms with Gasteiger partial charge in [0.1, 0.15) is 17.3 Å². The van der Waals surface area contributed by atoms with Crippen LogP contribution in [0.15, 0.2) is 30.3 Å². The first kappa shape index (κ1) is 30.4. The fourth-order valence-electron chi connectivity index (χ4n) is 4.76. The van der Waals surface area contributed by atoms with E-state index in [-0.39, 0.29) is 36.0 Å². The molecule has 2 aromatic carbocycles. The number of unbranched alkanes of at least 4 members (excludes halogenated alkanes) is 1. The van der Waals surface area contributed by atoms with Crippen LogP contribution in [0, 0.1) is 12.7 Å². The van der Waals surface area contributed by atoms with Gasteiger partial charge in [0.2, 0.25) is 5.91 Å². The minimum absolute atomic E-state index is 0.00924. The number of amides is 2. The number of phenolic OH excluding ortho intramolecular Hbond substituents is 1. The van der Waals surface area contributed by atoms with Gasteiger partial charge in [-0.25, -0.2) is 4.39 Å². The van der Waals surface area contributed by atoms with Gasteiger partial charge < -0.3 is 30.7 Å². The lowest BCUT2D eigenvalue weighted by molar-refractivity contribution is -0.133. The summed E-state index contributed by atoms with van der Waals surface area (Å²) in [6, 6.07) is 8.72. The molecule has 3 rings (SSSR count). The summed E-state index contributed by atoms with van der Waals surface area (Å²) < 4.78 is 19.0. The number of rotatable bonds is 16. The predicted molar refractivity (Wildman–Crippen MR) is 152 cm³/mol. The Hall–Kier alpha value is -3.17. The maximum Gasteiger partial charge on any atom is 0.262 e. The smallest absolute Gasteiger partial charge is 0.262 e. The van der Waals surface area contributed by atoms with Crippen molar-refractivity contribution in [2.45, 2.75) is 65.3 Å². The third-order valence-corrected chi connectivity index (χ3v) is 7.09. The fourth-order valence-corrected chi connectivity index (χ4v) is 4.76. The second-order valence-corrected chi connectivity index (χ2v) is 10.2. The minimum atomic E-state index is -0.284. The molecule has 4 N–H and O–H groups in total. The van der Waals surface area contributed by atoms with Gasteiger partial charge >= 0.3 is 0 Å². The molecule has 1 aliphatic heterocycles. The minimum Gasteiger partial charge on any atom is -0.506 e. The number of hydrogen-bond donors (Lipinski definition) is 4. The van der Waals surface area contributed by atoms with Crippen LogP contribution in [-0.4, -0.2) is 67.2 Å². The molecule has 0 radical (unpaired) electrons. The monoisotopic (exact) mass is 542 g/mol. The number of aryl methyl sites for hydroxylation is 1. The number of benzene rings is 2. The van der Waals surface area contributed by atoms with Gasteiger partial charge in [-0.3, -0.25) is 9.59 Å². The molecule has 1 atom stereocenters. The van der Waals surface area contributed by atoms with Crippen LogP contribution in [0.2, 0.25) is 0 Å². The third kappa shape index (κ3) is 9.21. The van der Waals surface area contributed by atoms with Crippen molar-refractivity contribution < 1.29 is 23.8 Å². The summed E-state index contributed by atoms with van der Waals surface area (Å²) >= 11 is 0. The molecule has 1 unspecified atom stereocenters. The van der Waals surface area contributed by atoms with Crippen molar-refractivity contribution in [1.29, 1.82) is 0 Å². The first-order chi connectivity index (χ1) is 18.8. The highest BCUT2D eigenvalue weighted by Gasteiger charge is 2.22. The second kappa shape index (κ2) is 15.4. The molecule has 1 aliphatic rings. The molecule has 0 fully saturated rings. The van der Waals surface area contributed by atoms with E-state index in [9.17, 15) is 19.1 Å². The first-order valence-corrected chi connectivity index (χ1v) is 14.0. The second-order valence-electron chi connectivity index (χ2n) is 10.2. The van der Waals surface area contributed by atoms with E-state index in [0.717, 1.165) is 43.4 Å². The van der Waals surface area contributed by atoms with Crippen molar-refractivity contribution in [2.75, 3.05) is 44.6 Å². The lowest BCUT2D eigenvalue weighted by atomic mass is 10.1. The Labute approximate surface area is 231 Å². The topological polar surface area (TPSA) is 103 Å². The molecule has 2 aromatic rings. The number of carbonyl (C=O) groups excluding carboxylic acids is 2. The van der Waals surface area contributed by atoms with Crippen molar-refractivity contribution in [1.82, 2.24) is 15.5 Å². The van der Waals surface area contributed by atoms with E-state index < -0.39 is 0 Å². The summed E-state index contributed by atoms with van der Waals surface area (Å²) in [4.78, 5) is 26.7. The highest BCUT2D eigenvalue weighted by atomic mass is 19.1. The Morgan fingerprint density at radius 1 is 1.15 bits per heavy atom. The van der Waals surface area contributed by atoms with Crippen molar-refractivity contribution in [3.05, 3.63) is 52.8 Å². The van der Waals surface area contributed by atoms with Gasteiger partial charge in [-0.2, -0.15) is 0 Å². The van der Waals surface area contributed by atoms with Crippen LogP contribution in [0.5, 0.6) is 11.5 Å². The van der Waals surface area contributed by atoms with Crippen molar-refractivity contribution in [2.24, 2.45) is 0 Å². The van der Waals surface area contributed by atoms with E-state index in [0.29, 0.717) is 56.0 Å². The number of fused-ring (bicyclic) bond motifs is 1. The van der Waals surface area contributed by atoms with Crippen LogP contribution in [0.4, 0.5) is 10.1 Å². The van der Waals surface area contributed by atoms with Crippen molar-refractivity contribution in [3.63, 3.8) is 0 Å². The zero-order valence-electron chi connectivity index (χ0n) is 23.4. The molecule has 0 aliphatic carbocycles. The zero-order chi connectivity index (χ0) is 28.2. The molecule has 0 spiro atoms. The molecule has 0 saturated carbocycles. The molecular weight excluding hydrogens is 499 g/mol. The Kier molecular flexibility index (Phi) is 12.0. The standard InChI is InChI=1S/C30H43FN4O4/c1-4-5-6-22(3)35(28(38)13-16-32-14-11-23-7-9-25(31)21(2)19-23)18-17-33-15-12-24-8-10-26(36)29-30(24)39-20-27(37)34-29/h7-10,19,22,32-33,36H,4-6,11-18,20H2,1-3H3,(H,34,37). The SMILES string of the molecule is CCCCC(C)N(CCNCCc1ccc(O)c2c1OCC(=O)N2)C(=O)CCNCCc1ccc(F)c(C)c1. The van der Waals surface area contributed by atoms with E-state index in [4.69, 9.17) is 4.74 Å². The normalized spacial score (nSPS) is 13.4. The average molecular weight is 543 g/mol. The van der Waals surface area contributed by atoms with Crippen LogP contribution in [0.1, 0.15) is 56.2 Å². The highest BCUT2D eigenvalue weighted by Crippen LogP contribution is 2.39. The molecule has 8 nitrogen and oxygen atoms in total. The lowest BCUT2D eigenvalue weighted by Crippen LogP contribution is -2.43. The Balaban J connectivity index is 1.43. The van der Waals surface area contributed by atoms with Crippen LogP contribution in [0.3, 0.4) is 0 Å². The molecular formula is C30H43FN4O4. The van der Waals surface area contributed by atoms with Gasteiger partial charge in [-0.1, -0.05) is 38.0 Å². The molecule has 1 heterocycles. The molecule has 2 amide bonds. The summed E-state index contributed by atoms with van der Waals surface area (Å²) in [6.07, 6.45) is 5.03. The summed E-state index contributed by atoms with van der Waals surface area (Å²) in [5.41, 5.74) is 2.96. The number of aromatic hydroxyl groups is 1. The van der Waals surface area contributed by atoms with Gasteiger partial charge in [0.15, 0.2) is 12.4 Å². The highest BCUT2D eigenvalue weighted by molar-refractivity contribution is 5.97. The number of anilines is 1. The molecule has 0 saturated heterocycles. The number of hydrogen-bond acceptors (Lipinski definition) is 6. The van der Waals surface area contributed by atoms with Gasteiger partial charge in [-0.15, -0.1) is 0 Å². The summed E-state index contributed by atoms with van der Waals surface area (Å²) in [5, 5.41) is 19.5. The van der Waals surface area contributed by atoms with Gasteiger partial charge in [-0.05, 0) is 75.0 Å². The van der Waals surface area contributed by atoms with E-state index in [1.54, 1.807) is 25.1 Å². The predicted octanol–water partition coefficient (Wildman–Crippen LogP) is 3.93. The number of nitrogens with one attached hydrogen (secondary N) is 3. The van der Waals surface area contributed by atoms with Crippen LogP contribution >= 0.6 is 0 Å². The number of carbonyl (C=O) groups is 2. The number of phenols is 1. The van der Waals surface area contributed by atoms with Crippen molar-refractivity contribution >= 4 is 17.5 Å². The Morgan fingerprint density at radius 3 is 2.69 bits per heavy atom. The molecule has 39 heavy (non-hydrogen) atoms. The first-order valence-electron chi connectivity index (χ1n) is 14.0. The summed E-state index contributed by atoms with van der Waals surface area (Å²) in [5.74, 6) is 0.177.